The molecule has 5 aromatic carbocycles. The maximum atomic E-state index is 14.3. The van der Waals surface area contributed by atoms with Gasteiger partial charge in [0.05, 0.1) is 68.6 Å². The number of fused-ring (bicyclic) bond motifs is 4. The van der Waals surface area contributed by atoms with Gasteiger partial charge in [-0.25, -0.2) is 0 Å². The van der Waals surface area contributed by atoms with Gasteiger partial charge in [0, 0.05) is 75.1 Å². The smallest absolute Gasteiger partial charge is 0.260 e. The molecule has 0 spiro atoms. The molecule has 15 nitrogen and oxygen atoms in total. The Bertz CT molecular complexity index is 3110. The standard InChI is InChI=1S/C61H69N5O10Si/c1-8-20-73-22-23-74-21-19-64(59(67)10-9-24-77(6,7)70)48-27-42(38-75-56-32-54-52(25-41(56)3)60(68)65-37-47(30-49(65)34-62-54)45-15-17-51(71-4)18-16-45)26-43(28-48)39-76-58-33-55-53(31-57(58)72-5)61(69)66-36-46(29-50(66)35-63-55)44-13-11-40(2)12-14-44/h11-18,25-28,31-37,49-50,70H,8-10,19-24,29-30,38-39H2,1-7H3/t49-,50-/m0/s1. The maximum Gasteiger partial charge on any atom is 0.260 e. The average Bonchev–Trinajstić information content (AvgIpc) is 4.00. The predicted octanol–water partition coefficient (Wildman–Crippen LogP) is 11.2. The fourth-order valence-corrected chi connectivity index (χ4v) is 11.0. The molecule has 0 radical (unpaired) electrons. The van der Waals surface area contributed by atoms with Gasteiger partial charge in [0.15, 0.2) is 19.8 Å². The van der Waals surface area contributed by atoms with Crippen LogP contribution in [0.5, 0.6) is 23.0 Å². The predicted molar refractivity (Wildman–Crippen MR) is 303 cm³/mol. The van der Waals surface area contributed by atoms with Gasteiger partial charge in [0.25, 0.3) is 11.8 Å². The fourth-order valence-electron chi connectivity index (χ4n) is 9.94. The van der Waals surface area contributed by atoms with E-state index >= 15 is 0 Å². The van der Waals surface area contributed by atoms with E-state index in [4.69, 9.17) is 38.4 Å². The molecule has 4 aliphatic rings. The number of carbonyl (C=O) groups is 3. The molecule has 0 aromatic heterocycles. The summed E-state index contributed by atoms with van der Waals surface area (Å²) in [5.41, 5.74) is 10.1. The highest BCUT2D eigenvalue weighted by atomic mass is 28.4. The Balaban J connectivity index is 0.981. The Hall–Kier alpha value is -7.37. The highest BCUT2D eigenvalue weighted by Gasteiger charge is 2.35. The summed E-state index contributed by atoms with van der Waals surface area (Å²) in [6.07, 6.45) is 10.4. The van der Waals surface area contributed by atoms with E-state index in [0.29, 0.717) is 90.6 Å². The van der Waals surface area contributed by atoms with Gasteiger partial charge in [-0.3, -0.25) is 24.4 Å². The van der Waals surface area contributed by atoms with E-state index in [9.17, 15) is 19.2 Å². The molecule has 3 amide bonds. The lowest BCUT2D eigenvalue weighted by Gasteiger charge is -2.25. The minimum Gasteiger partial charge on any atom is -0.497 e. The monoisotopic (exact) mass is 1060 g/mol. The van der Waals surface area contributed by atoms with Crippen LogP contribution in [-0.2, 0) is 27.5 Å². The molecule has 16 heteroatoms. The number of benzene rings is 5. The average molecular weight is 1060 g/mol. The van der Waals surface area contributed by atoms with Crippen molar-refractivity contribution in [1.82, 2.24) is 9.80 Å². The van der Waals surface area contributed by atoms with E-state index < -0.39 is 8.32 Å². The molecule has 0 fully saturated rings. The Labute approximate surface area is 452 Å². The normalized spacial score (nSPS) is 16.5. The van der Waals surface area contributed by atoms with E-state index in [1.807, 2.05) is 99.4 Å². The van der Waals surface area contributed by atoms with Gasteiger partial charge in [-0.05, 0) is 127 Å². The van der Waals surface area contributed by atoms with Crippen LogP contribution < -0.4 is 23.8 Å². The van der Waals surface area contributed by atoms with Crippen LogP contribution >= 0.6 is 0 Å². The molecule has 77 heavy (non-hydrogen) atoms. The molecule has 4 aliphatic heterocycles. The largest absolute Gasteiger partial charge is 0.497 e. The molecule has 0 bridgehead atoms. The van der Waals surface area contributed by atoms with Gasteiger partial charge in [-0.2, -0.15) is 0 Å². The van der Waals surface area contributed by atoms with Crippen molar-refractivity contribution in [3.63, 3.8) is 0 Å². The molecule has 402 valence electrons. The minimum absolute atomic E-state index is 0.0592. The third-order valence-electron chi connectivity index (χ3n) is 14.1. The number of aryl methyl sites for hydroxylation is 2. The van der Waals surface area contributed by atoms with E-state index in [1.165, 1.54) is 12.7 Å². The van der Waals surface area contributed by atoms with E-state index in [2.05, 4.69) is 38.1 Å². The summed E-state index contributed by atoms with van der Waals surface area (Å²) in [6, 6.07) is 29.1. The number of amides is 3. The van der Waals surface area contributed by atoms with Crippen molar-refractivity contribution in [2.24, 2.45) is 9.98 Å². The van der Waals surface area contributed by atoms with Crippen LogP contribution in [0.1, 0.15) is 93.1 Å². The number of aliphatic imine (C=N–C) groups is 2. The van der Waals surface area contributed by atoms with Crippen LogP contribution in [0, 0.1) is 13.8 Å². The summed E-state index contributed by atoms with van der Waals surface area (Å²) >= 11 is 0. The molecule has 0 saturated heterocycles. The highest BCUT2D eigenvalue weighted by molar-refractivity contribution is 6.69. The van der Waals surface area contributed by atoms with Gasteiger partial charge in [0.2, 0.25) is 5.91 Å². The van der Waals surface area contributed by atoms with Crippen molar-refractivity contribution >= 4 is 66.7 Å². The zero-order valence-corrected chi connectivity index (χ0v) is 46.2. The molecule has 0 unspecified atom stereocenters. The highest BCUT2D eigenvalue weighted by Crippen LogP contribution is 2.41. The van der Waals surface area contributed by atoms with E-state index in [-0.39, 0.29) is 62.6 Å². The van der Waals surface area contributed by atoms with Gasteiger partial charge in [-0.15, -0.1) is 0 Å². The molecule has 4 heterocycles. The van der Waals surface area contributed by atoms with Crippen molar-refractivity contribution < 1.29 is 47.6 Å². The van der Waals surface area contributed by atoms with E-state index in [1.54, 1.807) is 33.9 Å². The Morgan fingerprint density at radius 1 is 0.688 bits per heavy atom. The first kappa shape index (κ1) is 54.4. The molecule has 9 rings (SSSR count). The zero-order chi connectivity index (χ0) is 54.2. The first-order valence-electron chi connectivity index (χ1n) is 26.5. The summed E-state index contributed by atoms with van der Waals surface area (Å²) in [7, 11) is 0.773. The van der Waals surface area contributed by atoms with Crippen LogP contribution in [-0.4, -0.2) is 112 Å². The van der Waals surface area contributed by atoms with Crippen molar-refractivity contribution in [3.8, 4) is 23.0 Å². The Morgan fingerprint density at radius 3 is 1.82 bits per heavy atom. The molecule has 5 aromatic rings. The van der Waals surface area contributed by atoms with Crippen LogP contribution in [0.4, 0.5) is 17.1 Å². The lowest BCUT2D eigenvalue weighted by molar-refractivity contribution is -0.118. The summed E-state index contributed by atoms with van der Waals surface area (Å²) < 4.78 is 36.0. The number of nitrogens with zero attached hydrogens (tertiary/aromatic N) is 5. The number of rotatable bonds is 23. The molecule has 2 atom stereocenters. The molecule has 0 aliphatic carbocycles. The van der Waals surface area contributed by atoms with Gasteiger partial charge < -0.3 is 47.9 Å². The summed E-state index contributed by atoms with van der Waals surface area (Å²) in [5, 5.41) is 0. The van der Waals surface area contributed by atoms with Crippen molar-refractivity contribution in [2.45, 2.75) is 97.3 Å². The lowest BCUT2D eigenvalue weighted by atomic mass is 10.0. The van der Waals surface area contributed by atoms with Gasteiger partial charge in [0.1, 0.15) is 24.7 Å². The zero-order valence-electron chi connectivity index (χ0n) is 45.2. The summed E-state index contributed by atoms with van der Waals surface area (Å²) in [4.78, 5) is 68.1. The number of methoxy groups -OCH3 is 2. The third kappa shape index (κ3) is 13.1. The van der Waals surface area contributed by atoms with Crippen LogP contribution in [0.15, 0.2) is 113 Å². The number of anilines is 1. The van der Waals surface area contributed by atoms with E-state index in [0.717, 1.165) is 51.1 Å². The fraction of sp³-hybridized carbons (Fsp3) is 0.361. The van der Waals surface area contributed by atoms with Crippen molar-refractivity contribution in [1.29, 1.82) is 0 Å². The second kappa shape index (κ2) is 24.3. The quantitative estimate of drug-likeness (QED) is 0.0492. The Kier molecular flexibility index (Phi) is 17.2. The molecule has 0 saturated carbocycles. The van der Waals surface area contributed by atoms with Crippen molar-refractivity contribution in [2.75, 3.05) is 52.1 Å². The molecule has 1 N–H and O–H groups in total. The number of ether oxygens (including phenoxy) is 6. The second-order valence-corrected chi connectivity index (χ2v) is 24.7. The topological polar surface area (TPSA) is 161 Å². The Morgan fingerprint density at radius 2 is 1.25 bits per heavy atom. The first-order valence-corrected chi connectivity index (χ1v) is 29.6. The molecular formula is C61H69N5O10Si. The minimum atomic E-state index is -2.40. The lowest BCUT2D eigenvalue weighted by Crippen LogP contribution is -2.35. The van der Waals surface area contributed by atoms with Crippen molar-refractivity contribution in [3.05, 3.63) is 148 Å². The van der Waals surface area contributed by atoms with Crippen LogP contribution in [0.3, 0.4) is 0 Å². The number of hydrogen-bond acceptors (Lipinski definition) is 12. The third-order valence-corrected chi connectivity index (χ3v) is 15.7. The van der Waals surface area contributed by atoms with Crippen LogP contribution in [0.25, 0.3) is 11.1 Å². The van der Waals surface area contributed by atoms with Crippen LogP contribution in [0.2, 0.25) is 19.1 Å². The summed E-state index contributed by atoms with van der Waals surface area (Å²) in [5.74, 6) is 1.66. The number of hydrogen-bond donors (Lipinski definition) is 1. The number of carbonyl (C=O) groups excluding carboxylic acids is 3. The first-order chi connectivity index (χ1) is 37.2. The molecular weight excluding hydrogens is 991 g/mol. The van der Waals surface area contributed by atoms with Gasteiger partial charge in [-0.1, -0.05) is 48.9 Å². The maximum absolute atomic E-state index is 14.3. The SMILES string of the molecule is CCCOCCOCCN(C(=O)CCC[Si](C)(C)O)c1cc(COc2cc3c(cc2C)C(=O)N2C=C(c4ccc(OC)cc4)C[C@H]2C=N3)cc(COc2cc3c(cc2OC)C(=O)N2C=C(c4ccc(C)cc4)C[C@H]2C=N3)c1. The van der Waals surface area contributed by atoms with Gasteiger partial charge >= 0.3 is 0 Å². The second-order valence-electron chi connectivity index (χ2n) is 20.6. The summed E-state index contributed by atoms with van der Waals surface area (Å²) in [6.45, 7) is 12.0.